The molecule has 0 aliphatic carbocycles. The summed E-state index contributed by atoms with van der Waals surface area (Å²) in [5.74, 6) is -4.15. The summed E-state index contributed by atoms with van der Waals surface area (Å²) >= 11 is 4.02. The topological polar surface area (TPSA) is 214 Å². The van der Waals surface area contributed by atoms with Gasteiger partial charge in [-0.25, -0.2) is 4.79 Å². The fraction of sp³-hybridized carbons (Fsp3) is 0.450. The number of nitrogens with two attached hydrogens (primary N) is 2. The number of phenols is 1. The molecule has 12 nitrogen and oxygen atoms in total. The summed E-state index contributed by atoms with van der Waals surface area (Å²) in [5.41, 5.74) is 11.2. The molecule has 1 rings (SSSR count). The van der Waals surface area contributed by atoms with E-state index in [-0.39, 0.29) is 30.8 Å². The summed E-state index contributed by atoms with van der Waals surface area (Å²) in [6.45, 7) is 1.35. The molecule has 0 aliphatic rings. The molecule has 33 heavy (non-hydrogen) atoms. The van der Waals surface area contributed by atoms with E-state index in [4.69, 9.17) is 11.5 Å². The third kappa shape index (κ3) is 9.78. The van der Waals surface area contributed by atoms with Crippen molar-refractivity contribution < 1.29 is 34.2 Å². The fourth-order valence-corrected chi connectivity index (χ4v) is 2.90. The minimum Gasteiger partial charge on any atom is -0.508 e. The van der Waals surface area contributed by atoms with Crippen molar-refractivity contribution >= 4 is 42.2 Å². The van der Waals surface area contributed by atoms with Crippen molar-refractivity contribution in [2.75, 3.05) is 5.75 Å². The molecule has 0 aliphatic heterocycles. The number of thiol groups is 1. The van der Waals surface area contributed by atoms with Crippen molar-refractivity contribution in [3.05, 3.63) is 29.8 Å². The molecule has 4 unspecified atom stereocenters. The zero-order chi connectivity index (χ0) is 25.1. The summed E-state index contributed by atoms with van der Waals surface area (Å²) in [4.78, 5) is 59.3. The number of amides is 4. The van der Waals surface area contributed by atoms with Gasteiger partial charge in [-0.15, -0.1) is 0 Å². The second-order valence-electron chi connectivity index (χ2n) is 7.36. The average Bonchev–Trinajstić information content (AvgIpc) is 2.75. The van der Waals surface area contributed by atoms with E-state index in [9.17, 15) is 34.2 Å². The highest BCUT2D eigenvalue weighted by molar-refractivity contribution is 7.80. The Kier molecular flexibility index (Phi) is 11.2. The van der Waals surface area contributed by atoms with Crippen molar-refractivity contribution in [1.82, 2.24) is 16.0 Å². The number of nitrogens with one attached hydrogen (secondary N) is 3. The minimum atomic E-state index is -1.28. The molecule has 182 valence electrons. The average molecular weight is 484 g/mol. The van der Waals surface area contributed by atoms with Crippen LogP contribution in [0.2, 0.25) is 0 Å². The van der Waals surface area contributed by atoms with Crippen LogP contribution in [0.3, 0.4) is 0 Å². The molecule has 0 saturated heterocycles. The molecule has 0 radical (unpaired) electrons. The Morgan fingerprint density at radius 1 is 0.970 bits per heavy atom. The zero-order valence-corrected chi connectivity index (χ0v) is 18.9. The number of carboxylic acid groups (broad SMARTS) is 1. The van der Waals surface area contributed by atoms with Gasteiger partial charge >= 0.3 is 5.97 Å². The van der Waals surface area contributed by atoms with E-state index in [0.717, 1.165) is 0 Å². The van der Waals surface area contributed by atoms with Crippen molar-refractivity contribution in [3.8, 4) is 5.75 Å². The van der Waals surface area contributed by atoms with E-state index in [2.05, 4.69) is 28.6 Å². The molecule has 0 bridgehead atoms. The first-order valence-electron chi connectivity index (χ1n) is 10.0. The van der Waals surface area contributed by atoms with Crippen LogP contribution in [0.1, 0.15) is 25.3 Å². The number of rotatable bonds is 13. The Morgan fingerprint density at radius 2 is 1.55 bits per heavy atom. The third-order valence-electron chi connectivity index (χ3n) is 4.60. The number of aromatic hydroxyl groups is 1. The second-order valence-corrected chi connectivity index (χ2v) is 7.72. The number of hydrogen-bond acceptors (Lipinski definition) is 8. The van der Waals surface area contributed by atoms with Gasteiger partial charge in [-0.3, -0.25) is 19.2 Å². The molecule has 0 aromatic heterocycles. The number of aliphatic carboxylic acids is 1. The van der Waals surface area contributed by atoms with E-state index in [1.54, 1.807) is 0 Å². The van der Waals surface area contributed by atoms with Crippen LogP contribution < -0.4 is 27.4 Å². The van der Waals surface area contributed by atoms with Crippen LogP contribution in [0, 0.1) is 0 Å². The molecule has 0 fully saturated rings. The van der Waals surface area contributed by atoms with Crippen molar-refractivity contribution in [1.29, 1.82) is 0 Å². The number of carboxylic acids is 1. The lowest BCUT2D eigenvalue weighted by atomic mass is 10.1. The molecule has 0 heterocycles. The summed E-state index contributed by atoms with van der Waals surface area (Å²) < 4.78 is 0. The maximum atomic E-state index is 12.4. The maximum absolute atomic E-state index is 12.4. The van der Waals surface area contributed by atoms with Gasteiger partial charge in [0.1, 0.15) is 23.9 Å². The highest BCUT2D eigenvalue weighted by Crippen LogP contribution is 2.11. The van der Waals surface area contributed by atoms with Gasteiger partial charge in [0, 0.05) is 18.6 Å². The lowest BCUT2D eigenvalue weighted by molar-refractivity contribution is -0.142. The Bertz CT molecular complexity index is 865. The molecule has 0 saturated carbocycles. The standard InChI is InChI=1S/C20H29N5O7S/c1-10(17(28)24-14(20(31)32)8-11-2-4-12(26)5-3-11)23-19(30)15(9-33)25-18(29)13(21)6-7-16(22)27/h2-5,10,13-15,26,33H,6-9,21H2,1H3,(H2,22,27)(H,23,30)(H,24,28)(H,25,29)(H,31,32). The van der Waals surface area contributed by atoms with Crippen molar-refractivity contribution in [2.45, 2.75) is 50.4 Å². The SMILES string of the molecule is CC(NC(=O)C(CS)NC(=O)C(N)CCC(N)=O)C(=O)NC(Cc1ccc(O)cc1)C(=O)O. The molecule has 4 atom stereocenters. The lowest BCUT2D eigenvalue weighted by Crippen LogP contribution is -2.57. The Balaban J connectivity index is 2.67. The molecule has 13 heteroatoms. The van der Waals surface area contributed by atoms with E-state index >= 15 is 0 Å². The van der Waals surface area contributed by atoms with Gasteiger partial charge in [-0.2, -0.15) is 12.6 Å². The molecule has 0 spiro atoms. The second kappa shape index (κ2) is 13.3. The predicted molar refractivity (Wildman–Crippen MR) is 121 cm³/mol. The molecule has 1 aromatic rings. The van der Waals surface area contributed by atoms with Gasteiger partial charge in [0.05, 0.1) is 6.04 Å². The largest absolute Gasteiger partial charge is 0.508 e. The summed E-state index contributed by atoms with van der Waals surface area (Å²) in [7, 11) is 0. The molecule has 4 amide bonds. The van der Waals surface area contributed by atoms with Gasteiger partial charge in [0.25, 0.3) is 0 Å². The van der Waals surface area contributed by atoms with Crippen LogP contribution in [-0.2, 0) is 30.4 Å². The molecular formula is C20H29N5O7S. The Hall–Kier alpha value is -3.32. The van der Waals surface area contributed by atoms with Crippen molar-refractivity contribution in [3.63, 3.8) is 0 Å². The molecule has 9 N–H and O–H groups in total. The quantitative estimate of drug-likeness (QED) is 0.147. The van der Waals surface area contributed by atoms with E-state index < -0.39 is 53.8 Å². The summed E-state index contributed by atoms with van der Waals surface area (Å²) in [6, 6.07) is 1.25. The van der Waals surface area contributed by atoms with Gasteiger partial charge in [0.2, 0.25) is 23.6 Å². The maximum Gasteiger partial charge on any atom is 0.326 e. The summed E-state index contributed by atoms with van der Waals surface area (Å²) in [5, 5.41) is 25.8. The van der Waals surface area contributed by atoms with Gasteiger partial charge < -0.3 is 37.6 Å². The number of benzene rings is 1. The van der Waals surface area contributed by atoms with E-state index in [1.165, 1.54) is 31.2 Å². The highest BCUT2D eigenvalue weighted by Gasteiger charge is 2.28. The monoisotopic (exact) mass is 483 g/mol. The number of primary amides is 1. The molecule has 1 aromatic carbocycles. The van der Waals surface area contributed by atoms with Gasteiger partial charge in [-0.1, -0.05) is 12.1 Å². The predicted octanol–water partition coefficient (Wildman–Crippen LogP) is -1.98. The first-order valence-corrected chi connectivity index (χ1v) is 10.6. The smallest absolute Gasteiger partial charge is 0.326 e. The minimum absolute atomic E-state index is 0.00149. The Morgan fingerprint density at radius 3 is 2.06 bits per heavy atom. The van der Waals surface area contributed by atoms with Gasteiger partial charge in [-0.05, 0) is 31.0 Å². The number of phenolic OH excluding ortho intramolecular Hbond substituents is 1. The van der Waals surface area contributed by atoms with E-state index in [1.807, 2.05) is 0 Å². The fourth-order valence-electron chi connectivity index (χ4n) is 2.65. The lowest BCUT2D eigenvalue weighted by Gasteiger charge is -2.22. The van der Waals surface area contributed by atoms with E-state index in [0.29, 0.717) is 5.56 Å². The normalized spacial score (nSPS) is 14.3. The number of carbonyl (C=O) groups is 5. The van der Waals surface area contributed by atoms with Crippen LogP contribution >= 0.6 is 12.6 Å². The van der Waals surface area contributed by atoms with Crippen LogP contribution in [0.5, 0.6) is 5.75 Å². The third-order valence-corrected chi connectivity index (χ3v) is 4.96. The highest BCUT2D eigenvalue weighted by atomic mass is 32.1. The zero-order valence-electron chi connectivity index (χ0n) is 18.0. The summed E-state index contributed by atoms with van der Waals surface area (Å²) in [6.07, 6.45) is -0.141. The van der Waals surface area contributed by atoms with Crippen LogP contribution in [0.4, 0.5) is 0 Å². The first-order chi connectivity index (χ1) is 15.4. The first kappa shape index (κ1) is 27.7. The van der Waals surface area contributed by atoms with Crippen LogP contribution in [0.15, 0.2) is 24.3 Å². The van der Waals surface area contributed by atoms with Gasteiger partial charge in [0.15, 0.2) is 0 Å². The van der Waals surface area contributed by atoms with Crippen LogP contribution in [-0.4, -0.2) is 69.7 Å². The Labute approximate surface area is 195 Å². The van der Waals surface area contributed by atoms with Crippen molar-refractivity contribution in [2.24, 2.45) is 11.5 Å². The number of carbonyl (C=O) groups excluding carboxylic acids is 4. The van der Waals surface area contributed by atoms with Crippen LogP contribution in [0.25, 0.3) is 0 Å². The molecular weight excluding hydrogens is 454 g/mol. The number of hydrogen-bond donors (Lipinski definition) is 8.